The number of ether oxygens (including phenoxy) is 1. The van der Waals surface area contributed by atoms with Crippen molar-refractivity contribution >= 4 is 21.6 Å². The lowest BCUT2D eigenvalue weighted by Gasteiger charge is -2.30. The largest absolute Gasteiger partial charge is 0.383 e. The van der Waals surface area contributed by atoms with Crippen molar-refractivity contribution in [3.8, 4) is 0 Å². The fourth-order valence-electron chi connectivity index (χ4n) is 2.47. The highest BCUT2D eigenvalue weighted by atomic mass is 79.9. The summed E-state index contributed by atoms with van der Waals surface area (Å²) < 4.78 is 6.20. The van der Waals surface area contributed by atoms with Gasteiger partial charge < -0.3 is 15.0 Å². The van der Waals surface area contributed by atoms with E-state index in [0.717, 1.165) is 24.2 Å². The molecule has 0 unspecified atom stereocenters. The molecule has 0 spiro atoms. The van der Waals surface area contributed by atoms with E-state index >= 15 is 0 Å². The summed E-state index contributed by atoms with van der Waals surface area (Å²) in [4.78, 5) is 2.40. The van der Waals surface area contributed by atoms with Gasteiger partial charge in [0, 0.05) is 43.4 Å². The van der Waals surface area contributed by atoms with Crippen LogP contribution in [0.5, 0.6) is 0 Å². The van der Waals surface area contributed by atoms with E-state index in [1.54, 1.807) is 7.11 Å². The van der Waals surface area contributed by atoms with Crippen molar-refractivity contribution in [2.45, 2.75) is 39.3 Å². The van der Waals surface area contributed by atoms with Crippen LogP contribution in [0.15, 0.2) is 22.7 Å². The third-order valence-corrected chi connectivity index (χ3v) is 4.20. The van der Waals surface area contributed by atoms with Crippen LogP contribution in [0.1, 0.15) is 32.3 Å². The fraction of sp³-hybridized carbons (Fsp3) is 0.625. The minimum atomic E-state index is 0.592. The van der Waals surface area contributed by atoms with Gasteiger partial charge in [0.2, 0.25) is 0 Å². The Morgan fingerprint density at radius 3 is 2.60 bits per heavy atom. The minimum absolute atomic E-state index is 0.592. The molecule has 0 heterocycles. The number of benzene rings is 1. The van der Waals surface area contributed by atoms with Crippen LogP contribution in [0.2, 0.25) is 0 Å². The molecule has 3 nitrogen and oxygen atoms in total. The van der Waals surface area contributed by atoms with Crippen molar-refractivity contribution in [2.75, 3.05) is 32.2 Å². The van der Waals surface area contributed by atoms with Crippen LogP contribution in [0.25, 0.3) is 0 Å². The highest BCUT2D eigenvalue weighted by Gasteiger charge is 2.14. The van der Waals surface area contributed by atoms with Crippen molar-refractivity contribution < 1.29 is 4.74 Å². The molecule has 0 saturated carbocycles. The number of anilines is 1. The molecule has 1 rings (SSSR count). The topological polar surface area (TPSA) is 24.5 Å². The average molecular weight is 343 g/mol. The number of nitrogens with zero attached hydrogens (tertiary/aromatic N) is 1. The van der Waals surface area contributed by atoms with Gasteiger partial charge in [0.1, 0.15) is 0 Å². The highest BCUT2D eigenvalue weighted by Crippen LogP contribution is 2.26. The summed E-state index contributed by atoms with van der Waals surface area (Å²) in [5, 5.41) is 3.43. The average Bonchev–Trinajstić information content (AvgIpc) is 2.45. The van der Waals surface area contributed by atoms with Crippen LogP contribution in [-0.2, 0) is 11.3 Å². The second-order valence-electron chi connectivity index (χ2n) is 5.02. The van der Waals surface area contributed by atoms with E-state index in [0.29, 0.717) is 6.04 Å². The predicted molar refractivity (Wildman–Crippen MR) is 90.5 cm³/mol. The SMILES string of the molecule is CCC(CC)N(C)c1ccc(Br)cc1CNCCOC. The highest BCUT2D eigenvalue weighted by molar-refractivity contribution is 9.10. The molecule has 0 bridgehead atoms. The molecule has 1 N–H and O–H groups in total. The second-order valence-corrected chi connectivity index (χ2v) is 5.94. The molecule has 0 aliphatic heterocycles. The fourth-order valence-corrected chi connectivity index (χ4v) is 2.88. The first-order valence-electron chi connectivity index (χ1n) is 7.34. The van der Waals surface area contributed by atoms with Crippen LogP contribution in [0.4, 0.5) is 5.69 Å². The maximum Gasteiger partial charge on any atom is 0.0587 e. The zero-order chi connectivity index (χ0) is 15.0. The molecule has 0 amide bonds. The van der Waals surface area contributed by atoms with Gasteiger partial charge in [-0.15, -0.1) is 0 Å². The molecule has 4 heteroatoms. The first-order chi connectivity index (χ1) is 9.63. The van der Waals surface area contributed by atoms with E-state index in [9.17, 15) is 0 Å². The molecule has 20 heavy (non-hydrogen) atoms. The summed E-state index contributed by atoms with van der Waals surface area (Å²) in [5.74, 6) is 0. The summed E-state index contributed by atoms with van der Waals surface area (Å²) in [6, 6.07) is 7.12. The Kier molecular flexibility index (Phi) is 8.19. The summed E-state index contributed by atoms with van der Waals surface area (Å²) >= 11 is 3.57. The molecular weight excluding hydrogens is 316 g/mol. The number of halogens is 1. The van der Waals surface area contributed by atoms with Crippen molar-refractivity contribution in [2.24, 2.45) is 0 Å². The number of hydrogen-bond donors (Lipinski definition) is 1. The van der Waals surface area contributed by atoms with Gasteiger partial charge in [0.25, 0.3) is 0 Å². The number of rotatable bonds is 9. The molecule has 0 fully saturated rings. The van der Waals surface area contributed by atoms with Crippen molar-refractivity contribution in [1.82, 2.24) is 5.32 Å². The maximum atomic E-state index is 5.07. The zero-order valence-electron chi connectivity index (χ0n) is 13.1. The molecule has 0 aliphatic rings. The van der Waals surface area contributed by atoms with Gasteiger partial charge in [-0.05, 0) is 36.6 Å². The van der Waals surface area contributed by atoms with Gasteiger partial charge in [0.05, 0.1) is 6.61 Å². The molecular formula is C16H27BrN2O. The Balaban J connectivity index is 2.83. The van der Waals surface area contributed by atoms with Gasteiger partial charge in [-0.2, -0.15) is 0 Å². The summed E-state index contributed by atoms with van der Waals surface area (Å²) in [6.07, 6.45) is 2.33. The number of hydrogen-bond acceptors (Lipinski definition) is 3. The Labute approximate surface area is 131 Å². The minimum Gasteiger partial charge on any atom is -0.383 e. The molecule has 0 saturated heterocycles. The van der Waals surface area contributed by atoms with Crippen LogP contribution in [-0.4, -0.2) is 33.4 Å². The van der Waals surface area contributed by atoms with Crippen LogP contribution >= 0.6 is 15.9 Å². The lowest BCUT2D eigenvalue weighted by atomic mass is 10.1. The molecule has 0 aromatic heterocycles. The van der Waals surface area contributed by atoms with E-state index < -0.39 is 0 Å². The van der Waals surface area contributed by atoms with E-state index in [1.807, 2.05) is 0 Å². The zero-order valence-corrected chi connectivity index (χ0v) is 14.7. The van der Waals surface area contributed by atoms with E-state index in [1.165, 1.54) is 24.1 Å². The van der Waals surface area contributed by atoms with Crippen molar-refractivity contribution in [3.63, 3.8) is 0 Å². The van der Waals surface area contributed by atoms with Crippen LogP contribution < -0.4 is 10.2 Å². The Morgan fingerprint density at radius 1 is 1.30 bits per heavy atom. The standard InChI is InChI=1S/C16H27BrN2O/c1-5-15(6-2)19(3)16-8-7-14(17)11-13(16)12-18-9-10-20-4/h7-8,11,15,18H,5-6,9-10,12H2,1-4H3. The van der Waals surface area contributed by atoms with E-state index in [4.69, 9.17) is 4.74 Å². The molecule has 0 radical (unpaired) electrons. The Morgan fingerprint density at radius 2 is 2.00 bits per heavy atom. The maximum absolute atomic E-state index is 5.07. The van der Waals surface area contributed by atoms with E-state index in [-0.39, 0.29) is 0 Å². The third-order valence-electron chi connectivity index (χ3n) is 3.71. The summed E-state index contributed by atoms with van der Waals surface area (Å²) in [5.41, 5.74) is 2.64. The molecule has 114 valence electrons. The smallest absolute Gasteiger partial charge is 0.0587 e. The van der Waals surface area contributed by atoms with Gasteiger partial charge in [0.15, 0.2) is 0 Å². The predicted octanol–water partition coefficient (Wildman–Crippen LogP) is 3.81. The third kappa shape index (κ3) is 5.08. The molecule has 1 aromatic rings. The normalized spacial score (nSPS) is 11.1. The first kappa shape index (κ1) is 17.5. The lowest BCUT2D eigenvalue weighted by Crippen LogP contribution is -2.31. The van der Waals surface area contributed by atoms with Crippen molar-refractivity contribution in [3.05, 3.63) is 28.2 Å². The van der Waals surface area contributed by atoms with E-state index in [2.05, 4.69) is 65.2 Å². The van der Waals surface area contributed by atoms with Crippen LogP contribution in [0, 0.1) is 0 Å². The number of nitrogens with one attached hydrogen (secondary N) is 1. The van der Waals surface area contributed by atoms with Crippen molar-refractivity contribution in [1.29, 1.82) is 0 Å². The quantitative estimate of drug-likeness (QED) is 0.690. The summed E-state index contributed by atoms with van der Waals surface area (Å²) in [7, 11) is 3.92. The monoisotopic (exact) mass is 342 g/mol. The first-order valence-corrected chi connectivity index (χ1v) is 8.14. The molecule has 1 aromatic carbocycles. The summed E-state index contributed by atoms with van der Waals surface area (Å²) in [6.45, 7) is 6.98. The van der Waals surface area contributed by atoms with Gasteiger partial charge in [-0.25, -0.2) is 0 Å². The van der Waals surface area contributed by atoms with Crippen LogP contribution in [0.3, 0.4) is 0 Å². The number of methoxy groups -OCH3 is 1. The second kappa shape index (κ2) is 9.37. The lowest BCUT2D eigenvalue weighted by molar-refractivity contribution is 0.199. The Bertz CT molecular complexity index is 394. The molecule has 0 atom stereocenters. The Hall–Kier alpha value is -0.580. The van der Waals surface area contributed by atoms with Gasteiger partial charge in [-0.3, -0.25) is 0 Å². The van der Waals surface area contributed by atoms with Gasteiger partial charge >= 0.3 is 0 Å². The van der Waals surface area contributed by atoms with Gasteiger partial charge in [-0.1, -0.05) is 29.8 Å². The molecule has 0 aliphatic carbocycles.